The van der Waals surface area contributed by atoms with Crippen LogP contribution in [0.1, 0.15) is 10.4 Å². The zero-order valence-electron chi connectivity index (χ0n) is 17.0. The molecule has 31 heavy (non-hydrogen) atoms. The number of para-hydroxylation sites is 1. The van der Waals surface area contributed by atoms with Crippen molar-refractivity contribution in [2.75, 3.05) is 19.5 Å². The first-order valence-electron chi connectivity index (χ1n) is 9.54. The molecule has 4 aromatic rings. The summed E-state index contributed by atoms with van der Waals surface area (Å²) >= 11 is 6.25. The molecule has 0 aliphatic carbocycles. The van der Waals surface area contributed by atoms with Crippen LogP contribution in [0.25, 0.3) is 16.9 Å². The largest absolute Gasteiger partial charge is 0.495 e. The molecule has 0 atom stereocenters. The third kappa shape index (κ3) is 4.25. The van der Waals surface area contributed by atoms with Crippen LogP contribution < -0.4 is 14.8 Å². The number of halogens is 1. The molecular weight excluding hydrogens is 414 g/mol. The van der Waals surface area contributed by atoms with Crippen molar-refractivity contribution in [2.24, 2.45) is 0 Å². The molecule has 0 spiro atoms. The molecule has 156 valence electrons. The molecule has 0 fully saturated rings. The first-order valence-corrected chi connectivity index (χ1v) is 9.92. The average Bonchev–Trinajstić information content (AvgIpc) is 3.26. The predicted octanol–water partition coefficient (Wildman–Crippen LogP) is 5.46. The Labute approximate surface area is 185 Å². The van der Waals surface area contributed by atoms with Gasteiger partial charge in [0.15, 0.2) is 0 Å². The number of aromatic nitrogens is 2. The van der Waals surface area contributed by atoms with Crippen LogP contribution in [0.3, 0.4) is 0 Å². The van der Waals surface area contributed by atoms with Gasteiger partial charge in [-0.05, 0) is 18.2 Å². The van der Waals surface area contributed by atoms with E-state index in [0.717, 1.165) is 11.3 Å². The van der Waals surface area contributed by atoms with Gasteiger partial charge in [-0.3, -0.25) is 4.79 Å². The van der Waals surface area contributed by atoms with Gasteiger partial charge in [0.25, 0.3) is 5.91 Å². The van der Waals surface area contributed by atoms with Crippen molar-refractivity contribution in [1.29, 1.82) is 0 Å². The molecule has 0 unspecified atom stereocenters. The lowest BCUT2D eigenvalue weighted by Gasteiger charge is -2.13. The van der Waals surface area contributed by atoms with Gasteiger partial charge in [-0.15, -0.1) is 0 Å². The molecule has 0 radical (unpaired) electrons. The molecule has 0 aliphatic heterocycles. The van der Waals surface area contributed by atoms with Crippen LogP contribution in [0.2, 0.25) is 5.02 Å². The minimum absolute atomic E-state index is 0.333. The fourth-order valence-electron chi connectivity index (χ4n) is 3.21. The lowest BCUT2D eigenvalue weighted by Crippen LogP contribution is -2.13. The summed E-state index contributed by atoms with van der Waals surface area (Å²) in [6, 6.07) is 22.4. The minimum Gasteiger partial charge on any atom is -0.495 e. The molecule has 0 saturated heterocycles. The Morgan fingerprint density at radius 2 is 1.58 bits per heavy atom. The SMILES string of the molecule is COc1cc(OC)c(NC(=O)c2cn(-c3ccccc3)nc2-c2ccccc2)cc1Cl. The Morgan fingerprint density at radius 3 is 2.23 bits per heavy atom. The van der Waals surface area contributed by atoms with Crippen molar-refractivity contribution in [3.63, 3.8) is 0 Å². The second-order valence-electron chi connectivity index (χ2n) is 6.68. The number of carbonyl (C=O) groups is 1. The summed E-state index contributed by atoms with van der Waals surface area (Å²) in [5.74, 6) is 0.560. The van der Waals surface area contributed by atoms with E-state index in [-0.39, 0.29) is 5.91 Å². The van der Waals surface area contributed by atoms with Gasteiger partial charge in [0, 0.05) is 17.8 Å². The summed E-state index contributed by atoms with van der Waals surface area (Å²) in [6.07, 6.45) is 1.71. The fraction of sp³-hybridized carbons (Fsp3) is 0.0833. The third-order valence-corrected chi connectivity index (χ3v) is 5.04. The molecule has 1 aromatic heterocycles. The lowest BCUT2D eigenvalue weighted by atomic mass is 10.1. The first kappa shape index (κ1) is 20.5. The molecule has 7 heteroatoms. The number of methoxy groups -OCH3 is 2. The molecule has 6 nitrogen and oxygen atoms in total. The van der Waals surface area contributed by atoms with Crippen LogP contribution in [-0.2, 0) is 0 Å². The van der Waals surface area contributed by atoms with E-state index in [1.807, 2.05) is 60.7 Å². The van der Waals surface area contributed by atoms with Crippen LogP contribution in [-0.4, -0.2) is 29.9 Å². The maximum absolute atomic E-state index is 13.3. The number of anilines is 1. The Kier molecular flexibility index (Phi) is 5.91. The summed E-state index contributed by atoms with van der Waals surface area (Å²) in [6.45, 7) is 0. The third-order valence-electron chi connectivity index (χ3n) is 4.75. The van der Waals surface area contributed by atoms with Crippen LogP contribution in [0, 0.1) is 0 Å². The number of nitrogens with one attached hydrogen (secondary N) is 1. The molecule has 4 rings (SSSR count). The van der Waals surface area contributed by atoms with E-state index in [0.29, 0.717) is 33.5 Å². The molecule has 1 heterocycles. The molecule has 0 saturated carbocycles. The van der Waals surface area contributed by atoms with Crippen molar-refractivity contribution in [3.05, 3.63) is 89.6 Å². The quantitative estimate of drug-likeness (QED) is 0.438. The maximum atomic E-state index is 13.3. The zero-order valence-corrected chi connectivity index (χ0v) is 17.8. The van der Waals surface area contributed by atoms with Crippen LogP contribution >= 0.6 is 11.6 Å². The number of rotatable bonds is 6. The molecule has 0 bridgehead atoms. The van der Waals surface area contributed by atoms with Gasteiger partial charge in [-0.1, -0.05) is 60.1 Å². The molecule has 0 aliphatic rings. The minimum atomic E-state index is -0.333. The Morgan fingerprint density at radius 1 is 0.935 bits per heavy atom. The van der Waals surface area contributed by atoms with Crippen molar-refractivity contribution in [3.8, 4) is 28.4 Å². The summed E-state index contributed by atoms with van der Waals surface area (Å²) in [5.41, 5.74) is 3.11. The molecule has 3 aromatic carbocycles. The topological polar surface area (TPSA) is 65.4 Å². The second-order valence-corrected chi connectivity index (χ2v) is 7.09. The Balaban J connectivity index is 1.76. The van der Waals surface area contributed by atoms with Gasteiger partial charge in [0.1, 0.15) is 17.2 Å². The number of ether oxygens (including phenoxy) is 2. The Bertz CT molecular complexity index is 1210. The normalized spacial score (nSPS) is 10.5. The van der Waals surface area contributed by atoms with Crippen molar-refractivity contribution in [1.82, 2.24) is 9.78 Å². The highest BCUT2D eigenvalue weighted by Crippen LogP contribution is 2.36. The van der Waals surface area contributed by atoms with E-state index in [1.54, 1.807) is 23.0 Å². The van der Waals surface area contributed by atoms with E-state index in [1.165, 1.54) is 14.2 Å². The summed E-state index contributed by atoms with van der Waals surface area (Å²) in [5, 5.41) is 7.93. The predicted molar refractivity (Wildman–Crippen MR) is 122 cm³/mol. The highest BCUT2D eigenvalue weighted by molar-refractivity contribution is 6.32. The molecule has 1 amide bonds. The van der Waals surface area contributed by atoms with Gasteiger partial charge in [0.2, 0.25) is 0 Å². The van der Waals surface area contributed by atoms with Gasteiger partial charge in [0.05, 0.1) is 36.2 Å². The van der Waals surface area contributed by atoms with E-state index >= 15 is 0 Å². The first-order chi connectivity index (χ1) is 15.1. The van der Waals surface area contributed by atoms with E-state index < -0.39 is 0 Å². The molecular formula is C24H20ClN3O3. The van der Waals surface area contributed by atoms with Gasteiger partial charge in [-0.25, -0.2) is 4.68 Å². The Hall–Kier alpha value is -3.77. The van der Waals surface area contributed by atoms with E-state index in [2.05, 4.69) is 10.4 Å². The maximum Gasteiger partial charge on any atom is 0.259 e. The zero-order chi connectivity index (χ0) is 21.8. The average molecular weight is 434 g/mol. The summed E-state index contributed by atoms with van der Waals surface area (Å²) < 4.78 is 12.3. The van der Waals surface area contributed by atoms with Gasteiger partial charge < -0.3 is 14.8 Å². The summed E-state index contributed by atoms with van der Waals surface area (Å²) in [4.78, 5) is 13.3. The van der Waals surface area contributed by atoms with Crippen molar-refractivity contribution >= 4 is 23.2 Å². The van der Waals surface area contributed by atoms with Gasteiger partial charge in [-0.2, -0.15) is 5.10 Å². The van der Waals surface area contributed by atoms with Crippen LogP contribution in [0.5, 0.6) is 11.5 Å². The number of benzene rings is 3. The van der Waals surface area contributed by atoms with Gasteiger partial charge >= 0.3 is 0 Å². The number of hydrogen-bond acceptors (Lipinski definition) is 4. The lowest BCUT2D eigenvalue weighted by molar-refractivity contribution is 0.102. The van der Waals surface area contributed by atoms with Crippen molar-refractivity contribution in [2.45, 2.75) is 0 Å². The number of amides is 1. The van der Waals surface area contributed by atoms with E-state index in [4.69, 9.17) is 21.1 Å². The summed E-state index contributed by atoms with van der Waals surface area (Å²) in [7, 11) is 3.03. The highest BCUT2D eigenvalue weighted by atomic mass is 35.5. The number of carbonyl (C=O) groups excluding carboxylic acids is 1. The standard InChI is InChI=1S/C24H20ClN3O3/c1-30-21-14-22(31-2)20(13-19(21)25)26-24(29)18-15-28(17-11-7-4-8-12-17)27-23(18)16-9-5-3-6-10-16/h3-15H,1-2H3,(H,26,29). The van der Waals surface area contributed by atoms with Crippen LogP contribution in [0.4, 0.5) is 5.69 Å². The fourth-order valence-corrected chi connectivity index (χ4v) is 3.45. The number of nitrogens with zero attached hydrogens (tertiary/aromatic N) is 2. The van der Waals surface area contributed by atoms with Crippen LogP contribution in [0.15, 0.2) is 79.0 Å². The van der Waals surface area contributed by atoms with E-state index in [9.17, 15) is 4.79 Å². The smallest absolute Gasteiger partial charge is 0.259 e. The number of hydrogen-bond donors (Lipinski definition) is 1. The molecule has 1 N–H and O–H groups in total. The highest BCUT2D eigenvalue weighted by Gasteiger charge is 2.21. The monoisotopic (exact) mass is 433 g/mol. The van der Waals surface area contributed by atoms with Crippen molar-refractivity contribution < 1.29 is 14.3 Å². The second kappa shape index (κ2) is 8.93.